The van der Waals surface area contributed by atoms with Crippen LogP contribution in [0.25, 0.3) is 16.2 Å². The SMILES string of the molecule is CC(NC(=O)Cc1cc(F)cc(F)c1)C(=O)Nc1ccc(-c2cn3c4c(sc3n2)CCCC4)cc1. The van der Waals surface area contributed by atoms with Gasteiger partial charge in [0.05, 0.1) is 12.1 Å². The van der Waals surface area contributed by atoms with E-state index >= 15 is 0 Å². The van der Waals surface area contributed by atoms with Gasteiger partial charge in [-0.05, 0) is 62.4 Å². The second kappa shape index (κ2) is 9.58. The number of amides is 2. The molecule has 2 N–H and O–H groups in total. The van der Waals surface area contributed by atoms with Gasteiger partial charge in [0, 0.05) is 34.1 Å². The van der Waals surface area contributed by atoms with Crippen molar-refractivity contribution in [2.45, 2.75) is 45.1 Å². The number of fused-ring (bicyclic) bond motifs is 3. The average Bonchev–Trinajstić information content (AvgIpc) is 3.37. The molecule has 1 unspecified atom stereocenters. The van der Waals surface area contributed by atoms with E-state index in [-0.39, 0.29) is 12.0 Å². The summed E-state index contributed by atoms with van der Waals surface area (Å²) in [6.45, 7) is 1.55. The molecule has 0 aliphatic heterocycles. The molecule has 0 fully saturated rings. The van der Waals surface area contributed by atoms with Crippen molar-refractivity contribution in [3.8, 4) is 11.3 Å². The first-order valence-electron chi connectivity index (χ1n) is 11.5. The Morgan fingerprint density at radius 2 is 1.80 bits per heavy atom. The molecule has 2 aromatic heterocycles. The first kappa shape index (κ1) is 23.2. The van der Waals surface area contributed by atoms with Gasteiger partial charge in [0.25, 0.3) is 0 Å². The Kier molecular flexibility index (Phi) is 6.34. The smallest absolute Gasteiger partial charge is 0.246 e. The van der Waals surface area contributed by atoms with Crippen molar-refractivity contribution in [2.24, 2.45) is 0 Å². The monoisotopic (exact) mass is 494 g/mol. The summed E-state index contributed by atoms with van der Waals surface area (Å²) in [7, 11) is 0. The van der Waals surface area contributed by atoms with Crippen LogP contribution >= 0.6 is 11.3 Å². The van der Waals surface area contributed by atoms with Gasteiger partial charge in [0.15, 0.2) is 4.96 Å². The fraction of sp³-hybridized carbons (Fsp3) is 0.269. The Labute approximate surface area is 205 Å². The van der Waals surface area contributed by atoms with Crippen LogP contribution in [0.3, 0.4) is 0 Å². The number of aryl methyl sites for hydroxylation is 2. The number of carbonyl (C=O) groups excluding carboxylic acids is 2. The van der Waals surface area contributed by atoms with E-state index in [2.05, 4.69) is 21.2 Å². The summed E-state index contributed by atoms with van der Waals surface area (Å²) in [5, 5.41) is 5.33. The maximum Gasteiger partial charge on any atom is 0.246 e. The van der Waals surface area contributed by atoms with Gasteiger partial charge < -0.3 is 10.6 Å². The lowest BCUT2D eigenvalue weighted by Gasteiger charge is -2.14. The maximum atomic E-state index is 13.3. The third kappa shape index (κ3) is 5.09. The van der Waals surface area contributed by atoms with Crippen LogP contribution in [0.15, 0.2) is 48.7 Å². The van der Waals surface area contributed by atoms with Gasteiger partial charge >= 0.3 is 0 Å². The number of aromatic nitrogens is 2. The summed E-state index contributed by atoms with van der Waals surface area (Å²) in [5.41, 5.74) is 4.00. The zero-order chi connectivity index (χ0) is 24.5. The molecule has 0 saturated carbocycles. The number of thiazole rings is 1. The molecule has 0 spiro atoms. The molecule has 1 aliphatic rings. The first-order valence-corrected chi connectivity index (χ1v) is 12.3. The Balaban J connectivity index is 1.19. The number of hydrogen-bond acceptors (Lipinski definition) is 4. The van der Waals surface area contributed by atoms with Crippen molar-refractivity contribution in [3.05, 3.63) is 76.4 Å². The Morgan fingerprint density at radius 3 is 2.54 bits per heavy atom. The summed E-state index contributed by atoms with van der Waals surface area (Å²) >= 11 is 1.76. The van der Waals surface area contributed by atoms with E-state index in [0.717, 1.165) is 47.3 Å². The molecule has 5 rings (SSSR count). The summed E-state index contributed by atoms with van der Waals surface area (Å²) in [5.74, 6) is -2.41. The molecule has 0 bridgehead atoms. The zero-order valence-corrected chi connectivity index (χ0v) is 19.9. The van der Waals surface area contributed by atoms with Crippen molar-refractivity contribution in [1.29, 1.82) is 0 Å². The predicted molar refractivity (Wildman–Crippen MR) is 131 cm³/mol. The third-order valence-electron chi connectivity index (χ3n) is 6.07. The molecular formula is C26H24F2N4O2S. The number of anilines is 1. The molecule has 1 atom stereocenters. The highest BCUT2D eigenvalue weighted by atomic mass is 32.1. The molecule has 2 aromatic carbocycles. The molecule has 2 heterocycles. The lowest BCUT2D eigenvalue weighted by Crippen LogP contribution is -2.42. The van der Waals surface area contributed by atoms with Crippen molar-refractivity contribution in [3.63, 3.8) is 0 Å². The van der Waals surface area contributed by atoms with Crippen LogP contribution in [0.4, 0.5) is 14.5 Å². The molecule has 1 aliphatic carbocycles. The van der Waals surface area contributed by atoms with E-state index < -0.39 is 29.5 Å². The van der Waals surface area contributed by atoms with Crippen LogP contribution in [0, 0.1) is 11.6 Å². The number of nitrogens with one attached hydrogen (secondary N) is 2. The lowest BCUT2D eigenvalue weighted by molar-refractivity contribution is -0.125. The molecule has 6 nitrogen and oxygen atoms in total. The Morgan fingerprint density at radius 1 is 1.09 bits per heavy atom. The van der Waals surface area contributed by atoms with Crippen LogP contribution in [0.1, 0.15) is 35.9 Å². The highest BCUT2D eigenvalue weighted by molar-refractivity contribution is 7.17. The minimum Gasteiger partial charge on any atom is -0.344 e. The van der Waals surface area contributed by atoms with Crippen LogP contribution in [-0.4, -0.2) is 27.2 Å². The van der Waals surface area contributed by atoms with Crippen molar-refractivity contribution < 1.29 is 18.4 Å². The van der Waals surface area contributed by atoms with Crippen molar-refractivity contribution in [1.82, 2.24) is 14.7 Å². The molecule has 0 radical (unpaired) electrons. The average molecular weight is 495 g/mol. The van der Waals surface area contributed by atoms with Gasteiger partial charge in [-0.2, -0.15) is 0 Å². The largest absolute Gasteiger partial charge is 0.344 e. The quantitative estimate of drug-likeness (QED) is 0.400. The molecule has 2 amide bonds. The van der Waals surface area contributed by atoms with Crippen LogP contribution in [0.5, 0.6) is 0 Å². The number of rotatable bonds is 6. The highest BCUT2D eigenvalue weighted by Gasteiger charge is 2.19. The normalized spacial score (nSPS) is 13.9. The second-order valence-electron chi connectivity index (χ2n) is 8.77. The Hall–Kier alpha value is -3.59. The summed E-state index contributed by atoms with van der Waals surface area (Å²) in [6.07, 6.45) is 6.52. The summed E-state index contributed by atoms with van der Waals surface area (Å²) in [4.78, 5) is 32.0. The topological polar surface area (TPSA) is 75.5 Å². The Bertz CT molecular complexity index is 1390. The molecule has 180 valence electrons. The summed E-state index contributed by atoms with van der Waals surface area (Å²) in [6, 6.07) is 9.48. The predicted octanol–water partition coefficient (Wildman–Crippen LogP) is 4.91. The van der Waals surface area contributed by atoms with E-state index in [0.29, 0.717) is 5.69 Å². The minimum absolute atomic E-state index is 0.197. The zero-order valence-electron chi connectivity index (χ0n) is 19.1. The molecule has 35 heavy (non-hydrogen) atoms. The fourth-order valence-electron chi connectivity index (χ4n) is 4.34. The van der Waals surface area contributed by atoms with Crippen molar-refractivity contribution >= 4 is 33.8 Å². The third-order valence-corrected chi connectivity index (χ3v) is 7.23. The lowest BCUT2D eigenvalue weighted by atomic mass is 10.0. The van der Waals surface area contributed by atoms with E-state index in [1.807, 2.05) is 12.1 Å². The molecule has 0 saturated heterocycles. The highest BCUT2D eigenvalue weighted by Crippen LogP contribution is 2.32. The van der Waals surface area contributed by atoms with Crippen LogP contribution in [-0.2, 0) is 28.9 Å². The number of halogens is 2. The second-order valence-corrected chi connectivity index (χ2v) is 9.83. The van der Waals surface area contributed by atoms with E-state index in [1.165, 1.54) is 23.4 Å². The van der Waals surface area contributed by atoms with Gasteiger partial charge in [0.2, 0.25) is 11.8 Å². The maximum absolute atomic E-state index is 13.3. The van der Waals surface area contributed by atoms with Gasteiger partial charge in [-0.25, -0.2) is 13.8 Å². The molecule has 9 heteroatoms. The minimum atomic E-state index is -0.827. The van der Waals surface area contributed by atoms with E-state index in [4.69, 9.17) is 4.98 Å². The summed E-state index contributed by atoms with van der Waals surface area (Å²) < 4.78 is 28.8. The van der Waals surface area contributed by atoms with E-state index in [1.54, 1.807) is 30.4 Å². The van der Waals surface area contributed by atoms with Gasteiger partial charge in [-0.3, -0.25) is 14.0 Å². The van der Waals surface area contributed by atoms with Gasteiger partial charge in [0.1, 0.15) is 17.7 Å². The van der Waals surface area contributed by atoms with Gasteiger partial charge in [-0.15, -0.1) is 11.3 Å². The van der Waals surface area contributed by atoms with Crippen molar-refractivity contribution in [2.75, 3.05) is 5.32 Å². The van der Waals surface area contributed by atoms with Crippen LogP contribution in [0.2, 0.25) is 0 Å². The molecule has 4 aromatic rings. The number of carbonyl (C=O) groups is 2. The number of hydrogen-bond donors (Lipinski definition) is 2. The fourth-order valence-corrected chi connectivity index (χ4v) is 5.53. The first-order chi connectivity index (χ1) is 16.9. The number of benzene rings is 2. The van der Waals surface area contributed by atoms with Gasteiger partial charge in [-0.1, -0.05) is 12.1 Å². The van der Waals surface area contributed by atoms with Crippen LogP contribution < -0.4 is 10.6 Å². The molecular weight excluding hydrogens is 470 g/mol. The van der Waals surface area contributed by atoms with E-state index in [9.17, 15) is 18.4 Å². The number of imidazole rings is 1. The standard InChI is InChI=1S/C26H24F2N4O2S/c1-15(29-24(33)12-16-10-18(27)13-19(28)11-16)25(34)30-20-8-6-17(7-9-20)21-14-32-22-4-2-3-5-23(22)35-26(32)31-21/h6-11,13-15H,2-5,12H2,1H3,(H,29,33)(H,30,34). The number of nitrogens with zero attached hydrogens (tertiary/aromatic N) is 2.